The first kappa shape index (κ1) is 10.4. The van der Waals surface area contributed by atoms with Crippen molar-refractivity contribution in [1.82, 2.24) is 0 Å². The monoisotopic (exact) mass is 211 g/mol. The molecule has 1 atom stereocenters. The number of benzene rings is 1. The minimum Gasteiger partial charge on any atom is -0.198 e. The van der Waals surface area contributed by atoms with E-state index in [1.54, 1.807) is 11.8 Å². The molecule has 0 aliphatic heterocycles. The second-order valence-corrected chi connectivity index (χ2v) is 4.69. The van der Waals surface area contributed by atoms with Gasteiger partial charge in [-0.1, -0.05) is 18.5 Å². The van der Waals surface area contributed by atoms with Crippen LogP contribution in [0.1, 0.15) is 13.3 Å². The maximum atomic E-state index is 8.47. The van der Waals surface area contributed by atoms with Gasteiger partial charge in [0.2, 0.25) is 0 Å². The topological polar surface area (TPSA) is 23.8 Å². The van der Waals surface area contributed by atoms with E-state index < -0.39 is 0 Å². The zero-order chi connectivity index (χ0) is 9.68. The highest BCUT2D eigenvalue weighted by Crippen LogP contribution is 2.25. The Morgan fingerprint density at radius 1 is 1.46 bits per heavy atom. The van der Waals surface area contributed by atoms with Crippen LogP contribution in [-0.4, -0.2) is 5.25 Å². The van der Waals surface area contributed by atoms with Gasteiger partial charge in [0.15, 0.2) is 0 Å². The molecule has 1 aromatic carbocycles. The van der Waals surface area contributed by atoms with Gasteiger partial charge in [-0.2, -0.15) is 5.26 Å². The van der Waals surface area contributed by atoms with Gasteiger partial charge < -0.3 is 0 Å². The fourth-order valence-electron chi connectivity index (χ4n) is 0.916. The third-order valence-electron chi connectivity index (χ3n) is 1.53. The van der Waals surface area contributed by atoms with E-state index in [1.807, 2.05) is 31.2 Å². The van der Waals surface area contributed by atoms with Gasteiger partial charge in [0.1, 0.15) is 0 Å². The van der Waals surface area contributed by atoms with E-state index in [1.165, 1.54) is 0 Å². The Bertz CT molecular complexity index is 302. The normalized spacial score (nSPS) is 12.1. The Morgan fingerprint density at radius 3 is 2.62 bits per heavy atom. The lowest BCUT2D eigenvalue weighted by Crippen LogP contribution is -1.92. The molecule has 0 heterocycles. The van der Waals surface area contributed by atoms with Crippen molar-refractivity contribution in [3.63, 3.8) is 0 Å². The van der Waals surface area contributed by atoms with Gasteiger partial charge in [-0.15, -0.1) is 11.8 Å². The molecule has 68 valence electrons. The maximum absolute atomic E-state index is 8.47. The van der Waals surface area contributed by atoms with E-state index in [0.29, 0.717) is 11.7 Å². The molecule has 1 unspecified atom stereocenters. The molecule has 0 aromatic heterocycles. The summed E-state index contributed by atoms with van der Waals surface area (Å²) in [5.41, 5.74) is 0. The fraction of sp³-hybridized carbons (Fsp3) is 0.300. The third-order valence-corrected chi connectivity index (χ3v) is 2.89. The van der Waals surface area contributed by atoms with Crippen LogP contribution in [0.2, 0.25) is 5.02 Å². The molecule has 0 saturated carbocycles. The Balaban J connectivity index is 2.55. The van der Waals surface area contributed by atoms with Gasteiger partial charge in [0.05, 0.1) is 6.07 Å². The van der Waals surface area contributed by atoms with Gasteiger partial charge >= 0.3 is 0 Å². The van der Waals surface area contributed by atoms with Gasteiger partial charge in [0, 0.05) is 21.6 Å². The van der Waals surface area contributed by atoms with Crippen molar-refractivity contribution in [2.75, 3.05) is 0 Å². The number of hydrogen-bond acceptors (Lipinski definition) is 2. The van der Waals surface area contributed by atoms with Crippen molar-refractivity contribution in [1.29, 1.82) is 5.26 Å². The summed E-state index contributed by atoms with van der Waals surface area (Å²) in [6, 6.07) is 9.83. The van der Waals surface area contributed by atoms with Crippen molar-refractivity contribution in [3.8, 4) is 6.07 Å². The molecule has 0 radical (unpaired) electrons. The Kier molecular flexibility index (Phi) is 4.14. The van der Waals surface area contributed by atoms with Gasteiger partial charge in [-0.3, -0.25) is 0 Å². The van der Waals surface area contributed by atoms with E-state index in [0.717, 1.165) is 9.92 Å². The lowest BCUT2D eigenvalue weighted by Gasteiger charge is -2.05. The van der Waals surface area contributed by atoms with E-state index in [2.05, 4.69) is 6.07 Å². The molecule has 0 aliphatic rings. The molecule has 1 rings (SSSR count). The number of rotatable bonds is 3. The second kappa shape index (κ2) is 5.16. The van der Waals surface area contributed by atoms with E-state index in [9.17, 15) is 0 Å². The van der Waals surface area contributed by atoms with Gasteiger partial charge in [-0.25, -0.2) is 0 Å². The van der Waals surface area contributed by atoms with Crippen LogP contribution in [-0.2, 0) is 0 Å². The lowest BCUT2D eigenvalue weighted by molar-refractivity contribution is 0.989. The molecule has 3 heteroatoms. The van der Waals surface area contributed by atoms with Crippen LogP contribution in [0, 0.1) is 11.3 Å². The zero-order valence-corrected chi connectivity index (χ0v) is 8.90. The zero-order valence-electron chi connectivity index (χ0n) is 7.33. The lowest BCUT2D eigenvalue weighted by atomic mass is 10.4. The molecule has 13 heavy (non-hydrogen) atoms. The number of nitrogens with zero attached hydrogens (tertiary/aromatic N) is 1. The van der Waals surface area contributed by atoms with Crippen molar-refractivity contribution in [3.05, 3.63) is 29.3 Å². The first-order chi connectivity index (χ1) is 6.22. The van der Waals surface area contributed by atoms with Crippen LogP contribution in [0.3, 0.4) is 0 Å². The Hall–Kier alpha value is -0.650. The van der Waals surface area contributed by atoms with Crippen molar-refractivity contribution >= 4 is 23.4 Å². The molecule has 0 saturated heterocycles. The predicted octanol–water partition coefficient (Wildman–Crippen LogP) is 3.73. The highest BCUT2D eigenvalue weighted by atomic mass is 35.5. The quantitative estimate of drug-likeness (QED) is 0.712. The van der Waals surface area contributed by atoms with Gasteiger partial charge in [-0.05, 0) is 24.3 Å². The van der Waals surface area contributed by atoms with E-state index in [-0.39, 0.29) is 0 Å². The van der Waals surface area contributed by atoms with Crippen LogP contribution in [0.15, 0.2) is 29.2 Å². The van der Waals surface area contributed by atoms with Crippen LogP contribution in [0.5, 0.6) is 0 Å². The van der Waals surface area contributed by atoms with Crippen LogP contribution in [0.4, 0.5) is 0 Å². The molecular weight excluding hydrogens is 202 g/mol. The summed E-state index contributed by atoms with van der Waals surface area (Å²) in [5.74, 6) is 0. The summed E-state index contributed by atoms with van der Waals surface area (Å²) in [7, 11) is 0. The maximum Gasteiger partial charge on any atom is 0.0633 e. The van der Waals surface area contributed by atoms with Crippen molar-refractivity contribution in [2.24, 2.45) is 0 Å². The summed E-state index contributed by atoms with van der Waals surface area (Å²) < 4.78 is 0. The number of hydrogen-bond donors (Lipinski definition) is 0. The van der Waals surface area contributed by atoms with Crippen molar-refractivity contribution in [2.45, 2.75) is 23.5 Å². The molecule has 0 aliphatic carbocycles. The highest BCUT2D eigenvalue weighted by molar-refractivity contribution is 7.99. The minimum absolute atomic E-state index is 0.339. The van der Waals surface area contributed by atoms with Crippen LogP contribution < -0.4 is 0 Å². The van der Waals surface area contributed by atoms with E-state index in [4.69, 9.17) is 16.9 Å². The Morgan fingerprint density at radius 2 is 2.08 bits per heavy atom. The molecule has 0 spiro atoms. The molecule has 0 amide bonds. The predicted molar refractivity (Wildman–Crippen MR) is 57.0 cm³/mol. The molecule has 0 fully saturated rings. The standard InChI is InChI=1S/C10H10ClNS/c1-8(6-7-12)13-10-4-2-9(11)3-5-10/h2-5,8H,6H2,1H3. The minimum atomic E-state index is 0.339. The smallest absolute Gasteiger partial charge is 0.0633 e. The second-order valence-electron chi connectivity index (χ2n) is 2.74. The van der Waals surface area contributed by atoms with Crippen LogP contribution >= 0.6 is 23.4 Å². The van der Waals surface area contributed by atoms with Gasteiger partial charge in [0.25, 0.3) is 0 Å². The SMILES string of the molecule is CC(CC#N)Sc1ccc(Cl)cc1. The van der Waals surface area contributed by atoms with Crippen molar-refractivity contribution < 1.29 is 0 Å². The largest absolute Gasteiger partial charge is 0.198 e. The first-order valence-corrected chi connectivity index (χ1v) is 5.27. The summed E-state index contributed by atoms with van der Waals surface area (Å²) in [6.07, 6.45) is 0.577. The summed E-state index contributed by atoms with van der Waals surface area (Å²) in [6.45, 7) is 2.04. The average Bonchev–Trinajstić information content (AvgIpc) is 2.09. The fourth-order valence-corrected chi connectivity index (χ4v) is 1.96. The third kappa shape index (κ3) is 3.71. The molecule has 1 nitrogen and oxygen atoms in total. The summed E-state index contributed by atoms with van der Waals surface area (Å²) >= 11 is 7.44. The highest BCUT2D eigenvalue weighted by Gasteiger charge is 2.02. The molecule has 0 bridgehead atoms. The molecule has 1 aromatic rings. The number of thioether (sulfide) groups is 1. The number of halogens is 1. The van der Waals surface area contributed by atoms with Crippen LogP contribution in [0.25, 0.3) is 0 Å². The molecule has 0 N–H and O–H groups in total. The average molecular weight is 212 g/mol. The number of nitriles is 1. The summed E-state index contributed by atoms with van der Waals surface area (Å²) in [4.78, 5) is 1.16. The first-order valence-electron chi connectivity index (χ1n) is 4.01. The molecular formula is C10H10ClNS. The Labute approximate surface area is 87.7 Å². The summed E-state index contributed by atoms with van der Waals surface area (Å²) in [5, 5.41) is 9.56. The van der Waals surface area contributed by atoms with E-state index >= 15 is 0 Å².